The van der Waals surface area contributed by atoms with Crippen LogP contribution in [0.5, 0.6) is 11.5 Å². The maximum absolute atomic E-state index is 13.8. The van der Waals surface area contributed by atoms with Gasteiger partial charge in [-0.05, 0) is 66.9 Å². The van der Waals surface area contributed by atoms with Gasteiger partial charge in [-0.1, -0.05) is 47.3 Å². The zero-order valence-corrected chi connectivity index (χ0v) is 23.5. The number of halogens is 2. The van der Waals surface area contributed by atoms with Crippen LogP contribution in [-0.2, 0) is 4.79 Å². The molecule has 40 heavy (non-hydrogen) atoms. The SMILES string of the molecule is COc1cc(C=Nn2c(C3CCCCC3)nc3ccc(Br)cc3c2=O)ccc1OCC(=O)Nc1ccccc1F. The fourth-order valence-electron chi connectivity index (χ4n) is 4.80. The van der Waals surface area contributed by atoms with E-state index in [0.717, 1.165) is 30.2 Å². The first kappa shape index (κ1) is 27.5. The van der Waals surface area contributed by atoms with Crippen molar-refractivity contribution in [3.8, 4) is 11.5 Å². The van der Waals surface area contributed by atoms with Crippen LogP contribution in [0.2, 0.25) is 0 Å². The fourth-order valence-corrected chi connectivity index (χ4v) is 5.16. The van der Waals surface area contributed by atoms with Crippen molar-refractivity contribution in [2.45, 2.75) is 38.0 Å². The predicted molar refractivity (Wildman–Crippen MR) is 156 cm³/mol. The number of aromatic nitrogens is 2. The number of carbonyl (C=O) groups is 1. The van der Waals surface area contributed by atoms with Crippen LogP contribution in [0.1, 0.15) is 49.4 Å². The van der Waals surface area contributed by atoms with E-state index in [9.17, 15) is 14.0 Å². The Bertz CT molecular complexity index is 1630. The number of hydrogen-bond acceptors (Lipinski definition) is 6. The van der Waals surface area contributed by atoms with Gasteiger partial charge >= 0.3 is 0 Å². The third-order valence-electron chi connectivity index (χ3n) is 6.82. The highest BCUT2D eigenvalue weighted by atomic mass is 79.9. The van der Waals surface area contributed by atoms with E-state index >= 15 is 0 Å². The Kier molecular flexibility index (Phi) is 8.54. The molecule has 1 fully saturated rings. The third kappa shape index (κ3) is 6.22. The molecule has 1 aliphatic carbocycles. The Labute approximate surface area is 239 Å². The fraction of sp³-hybridized carbons (Fsp3) is 0.267. The van der Waals surface area contributed by atoms with Crippen LogP contribution in [-0.4, -0.2) is 35.5 Å². The van der Waals surface area contributed by atoms with E-state index in [4.69, 9.17) is 14.5 Å². The summed E-state index contributed by atoms with van der Waals surface area (Å²) in [5.41, 5.74) is 1.17. The molecule has 3 aromatic carbocycles. The van der Waals surface area contributed by atoms with Gasteiger partial charge in [0.25, 0.3) is 11.5 Å². The maximum atomic E-state index is 13.8. The summed E-state index contributed by atoms with van der Waals surface area (Å²) in [5, 5.41) is 7.54. The van der Waals surface area contributed by atoms with Crippen molar-refractivity contribution >= 4 is 44.6 Å². The van der Waals surface area contributed by atoms with Crippen molar-refractivity contribution in [3.05, 3.63) is 92.7 Å². The van der Waals surface area contributed by atoms with Gasteiger partial charge in [0.1, 0.15) is 11.6 Å². The number of benzene rings is 3. The van der Waals surface area contributed by atoms with E-state index in [0.29, 0.717) is 33.8 Å². The quantitative estimate of drug-likeness (QED) is 0.239. The van der Waals surface area contributed by atoms with Crippen LogP contribution in [0.15, 0.2) is 75.0 Å². The molecule has 0 radical (unpaired) electrons. The van der Waals surface area contributed by atoms with Gasteiger partial charge in [0, 0.05) is 10.4 Å². The summed E-state index contributed by atoms with van der Waals surface area (Å²) in [6, 6.07) is 16.5. The van der Waals surface area contributed by atoms with Crippen LogP contribution >= 0.6 is 15.9 Å². The maximum Gasteiger partial charge on any atom is 0.282 e. The number of fused-ring (bicyclic) bond motifs is 1. The monoisotopic (exact) mass is 606 g/mol. The number of hydrogen-bond donors (Lipinski definition) is 1. The number of nitrogens with one attached hydrogen (secondary N) is 1. The molecule has 0 atom stereocenters. The normalized spacial score (nSPS) is 14.0. The van der Waals surface area contributed by atoms with E-state index < -0.39 is 11.7 Å². The van der Waals surface area contributed by atoms with Gasteiger partial charge in [-0.15, -0.1) is 0 Å². The Morgan fingerprint density at radius 1 is 1.12 bits per heavy atom. The number of methoxy groups -OCH3 is 1. The molecule has 1 saturated carbocycles. The van der Waals surface area contributed by atoms with E-state index in [2.05, 4.69) is 26.3 Å². The number of carbonyl (C=O) groups excluding carboxylic acids is 1. The zero-order chi connectivity index (χ0) is 28.1. The second-order valence-electron chi connectivity index (χ2n) is 9.55. The molecule has 0 aliphatic heterocycles. The first-order valence-corrected chi connectivity index (χ1v) is 13.8. The number of anilines is 1. The van der Waals surface area contributed by atoms with Gasteiger partial charge in [-0.25, -0.2) is 9.37 Å². The van der Waals surface area contributed by atoms with Gasteiger partial charge in [-0.2, -0.15) is 9.78 Å². The van der Waals surface area contributed by atoms with Crippen LogP contribution in [0.25, 0.3) is 10.9 Å². The summed E-state index contributed by atoms with van der Waals surface area (Å²) in [4.78, 5) is 30.7. The van der Waals surface area contributed by atoms with Gasteiger partial charge in [0.15, 0.2) is 18.1 Å². The van der Waals surface area contributed by atoms with Crippen molar-refractivity contribution in [2.75, 3.05) is 19.0 Å². The average Bonchev–Trinajstić information content (AvgIpc) is 2.97. The Morgan fingerprint density at radius 2 is 1.93 bits per heavy atom. The molecule has 5 rings (SSSR count). The highest BCUT2D eigenvalue weighted by Gasteiger charge is 2.22. The van der Waals surface area contributed by atoms with E-state index in [1.165, 1.54) is 30.3 Å². The first-order valence-electron chi connectivity index (χ1n) is 13.0. The molecule has 1 aromatic heterocycles. The molecular weight excluding hydrogens is 579 g/mol. The lowest BCUT2D eigenvalue weighted by Gasteiger charge is -2.22. The van der Waals surface area contributed by atoms with E-state index in [1.54, 1.807) is 42.6 Å². The highest BCUT2D eigenvalue weighted by molar-refractivity contribution is 9.10. The minimum atomic E-state index is -0.530. The lowest BCUT2D eigenvalue weighted by atomic mass is 9.88. The van der Waals surface area contributed by atoms with Gasteiger partial charge < -0.3 is 14.8 Å². The van der Waals surface area contributed by atoms with Crippen molar-refractivity contribution in [3.63, 3.8) is 0 Å². The van der Waals surface area contributed by atoms with E-state index in [-0.39, 0.29) is 23.8 Å². The summed E-state index contributed by atoms with van der Waals surface area (Å²) in [6.07, 6.45) is 6.89. The van der Waals surface area contributed by atoms with Crippen molar-refractivity contribution in [1.82, 2.24) is 9.66 Å². The molecule has 1 aliphatic rings. The third-order valence-corrected chi connectivity index (χ3v) is 7.31. The molecule has 4 aromatic rings. The van der Waals surface area contributed by atoms with Gasteiger partial charge in [0.2, 0.25) is 0 Å². The highest BCUT2D eigenvalue weighted by Crippen LogP contribution is 2.32. The second kappa shape index (κ2) is 12.4. The van der Waals surface area contributed by atoms with Gasteiger partial charge in [0.05, 0.1) is 29.9 Å². The molecule has 0 bridgehead atoms. The standard InChI is InChI=1S/C30H28BrFN4O4/c1-39-27-15-19(11-14-26(27)40-18-28(37)34-25-10-6-5-9-23(25)32)17-33-36-29(20-7-3-2-4-8-20)35-24-13-12-21(31)16-22(24)30(36)38/h5-6,9-17,20H,2-4,7-8,18H2,1H3,(H,34,37). The molecule has 0 spiro atoms. The van der Waals surface area contributed by atoms with Crippen molar-refractivity contribution < 1.29 is 18.7 Å². The molecule has 1 heterocycles. The van der Waals surface area contributed by atoms with Crippen LogP contribution in [0.4, 0.5) is 10.1 Å². The van der Waals surface area contributed by atoms with Crippen LogP contribution < -0.4 is 20.3 Å². The molecule has 0 unspecified atom stereocenters. The summed E-state index contributed by atoms with van der Waals surface area (Å²) < 4.78 is 27.1. The minimum Gasteiger partial charge on any atom is -0.493 e. The topological polar surface area (TPSA) is 94.8 Å². The largest absolute Gasteiger partial charge is 0.493 e. The smallest absolute Gasteiger partial charge is 0.282 e. The van der Waals surface area contributed by atoms with Crippen molar-refractivity contribution in [1.29, 1.82) is 0 Å². The number of nitrogens with zero attached hydrogens (tertiary/aromatic N) is 3. The zero-order valence-electron chi connectivity index (χ0n) is 21.9. The molecule has 1 N–H and O–H groups in total. The number of amides is 1. The summed E-state index contributed by atoms with van der Waals surface area (Å²) >= 11 is 3.44. The van der Waals surface area contributed by atoms with Crippen molar-refractivity contribution in [2.24, 2.45) is 5.10 Å². The molecule has 8 nitrogen and oxygen atoms in total. The molecule has 206 valence electrons. The van der Waals surface area contributed by atoms with Crippen LogP contribution in [0, 0.1) is 5.82 Å². The Balaban J connectivity index is 1.38. The predicted octanol–water partition coefficient (Wildman–Crippen LogP) is 6.25. The minimum absolute atomic E-state index is 0.0769. The summed E-state index contributed by atoms with van der Waals surface area (Å²) in [5.74, 6) is 0.500. The lowest BCUT2D eigenvalue weighted by molar-refractivity contribution is -0.118. The molecular formula is C30H28BrFN4O4. The average molecular weight is 607 g/mol. The number of para-hydroxylation sites is 1. The second-order valence-corrected chi connectivity index (χ2v) is 10.5. The molecule has 10 heteroatoms. The molecule has 0 saturated heterocycles. The van der Waals surface area contributed by atoms with Gasteiger partial charge in [-0.3, -0.25) is 9.59 Å². The summed E-state index contributed by atoms with van der Waals surface area (Å²) in [7, 11) is 1.49. The Morgan fingerprint density at radius 3 is 2.70 bits per heavy atom. The van der Waals surface area contributed by atoms with E-state index in [1.807, 2.05) is 12.1 Å². The molecule has 1 amide bonds. The Hall–Kier alpha value is -4.05. The first-order chi connectivity index (χ1) is 19.4. The lowest BCUT2D eigenvalue weighted by Crippen LogP contribution is -2.25. The van der Waals surface area contributed by atoms with Crippen LogP contribution in [0.3, 0.4) is 0 Å². The number of rotatable bonds is 8. The number of ether oxygens (including phenoxy) is 2. The summed E-state index contributed by atoms with van der Waals surface area (Å²) in [6.45, 7) is -0.337.